The Hall–Kier alpha value is -2.84. The number of anilines is 1. The molecule has 2 fully saturated rings. The van der Waals surface area contributed by atoms with Crippen LogP contribution in [0.2, 0.25) is 0 Å². The molecule has 34 heavy (non-hydrogen) atoms. The summed E-state index contributed by atoms with van der Waals surface area (Å²) in [6.45, 7) is 0.635. The number of piperidine rings is 1. The fourth-order valence-electron chi connectivity index (χ4n) is 4.46. The largest absolute Gasteiger partial charge is 0.493 e. The summed E-state index contributed by atoms with van der Waals surface area (Å²) in [5, 5.41) is 4.21. The van der Waals surface area contributed by atoms with Crippen LogP contribution in [-0.2, 0) is 14.8 Å². The molecule has 2 aromatic rings. The number of methoxy groups -OCH3 is 1. The average molecular weight is 485 g/mol. The molecular weight excluding hydrogens is 452 g/mol. The molecule has 4 rings (SSSR count). The monoisotopic (exact) mass is 484 g/mol. The molecule has 0 radical (unpaired) electrons. The highest BCUT2D eigenvalue weighted by atomic mass is 32.2. The summed E-state index contributed by atoms with van der Waals surface area (Å²) in [5.41, 5.74) is 1.48. The first-order valence-corrected chi connectivity index (χ1v) is 13.3. The van der Waals surface area contributed by atoms with Gasteiger partial charge in [0.15, 0.2) is 11.5 Å². The lowest BCUT2D eigenvalue weighted by molar-refractivity contribution is -0.120. The minimum atomic E-state index is -3.52. The summed E-state index contributed by atoms with van der Waals surface area (Å²) >= 11 is 0. The first-order valence-electron chi connectivity index (χ1n) is 11.8. The summed E-state index contributed by atoms with van der Waals surface area (Å²) in [6.07, 6.45) is 7.13. The van der Waals surface area contributed by atoms with E-state index in [0.29, 0.717) is 43.1 Å². The summed E-state index contributed by atoms with van der Waals surface area (Å²) in [5.74, 6) is 0.935. The Morgan fingerprint density at radius 1 is 1.00 bits per heavy atom. The third kappa shape index (κ3) is 6.18. The molecule has 0 spiro atoms. The number of ether oxygens (including phenoxy) is 2. The lowest BCUT2D eigenvalue weighted by atomic mass is 9.97. The van der Waals surface area contributed by atoms with Gasteiger partial charge in [-0.2, -0.15) is 4.31 Å². The summed E-state index contributed by atoms with van der Waals surface area (Å²) < 4.78 is 38.3. The number of carbonyl (C=O) groups excluding carboxylic acids is 1. The highest BCUT2D eigenvalue weighted by Gasteiger charge is 2.30. The zero-order valence-electron chi connectivity index (χ0n) is 19.5. The maximum Gasteiger partial charge on any atom is 0.236 e. The van der Waals surface area contributed by atoms with Crippen molar-refractivity contribution in [1.82, 2.24) is 4.31 Å². The predicted molar refractivity (Wildman–Crippen MR) is 133 cm³/mol. The Labute approximate surface area is 201 Å². The molecule has 1 aliphatic heterocycles. The van der Waals surface area contributed by atoms with Crippen LogP contribution < -0.4 is 14.8 Å². The Morgan fingerprint density at radius 2 is 1.71 bits per heavy atom. The standard InChI is InChI=1S/C26H32N2O5S/c1-32-24-12-11-22(19-25(24)33-23-9-5-6-10-23)27-26(29)21-13-16-28(17-14-21)34(30,31)18-15-20-7-3-2-4-8-20/h2-4,7-8,11-12,15,18-19,21,23H,5-6,9-10,13-14,16-17H2,1H3,(H,27,29)/b18-15+. The molecular formula is C26H32N2O5S. The smallest absolute Gasteiger partial charge is 0.236 e. The van der Waals surface area contributed by atoms with Crippen LogP contribution in [0.4, 0.5) is 5.69 Å². The number of hydrogen-bond acceptors (Lipinski definition) is 5. The van der Waals surface area contributed by atoms with E-state index in [1.165, 1.54) is 22.6 Å². The van der Waals surface area contributed by atoms with Gasteiger partial charge >= 0.3 is 0 Å². The number of nitrogens with zero attached hydrogens (tertiary/aromatic N) is 1. The zero-order chi connectivity index (χ0) is 24.0. The fraction of sp³-hybridized carbons (Fsp3) is 0.423. The van der Waals surface area contributed by atoms with Gasteiger partial charge in [0.05, 0.1) is 13.2 Å². The molecule has 1 saturated heterocycles. The Balaban J connectivity index is 1.33. The van der Waals surface area contributed by atoms with Gasteiger partial charge in [-0.25, -0.2) is 8.42 Å². The van der Waals surface area contributed by atoms with Crippen LogP contribution >= 0.6 is 0 Å². The van der Waals surface area contributed by atoms with Crippen molar-refractivity contribution in [2.24, 2.45) is 5.92 Å². The number of sulfonamides is 1. The van der Waals surface area contributed by atoms with Gasteiger partial charge < -0.3 is 14.8 Å². The number of nitrogens with one attached hydrogen (secondary N) is 1. The molecule has 7 nitrogen and oxygen atoms in total. The number of benzene rings is 2. The van der Waals surface area contributed by atoms with Crippen LogP contribution in [0.3, 0.4) is 0 Å². The minimum Gasteiger partial charge on any atom is -0.493 e. The van der Waals surface area contributed by atoms with Crippen LogP contribution in [0.15, 0.2) is 53.9 Å². The van der Waals surface area contributed by atoms with Gasteiger partial charge in [-0.1, -0.05) is 30.3 Å². The second-order valence-corrected chi connectivity index (χ2v) is 10.6. The van der Waals surface area contributed by atoms with Crippen LogP contribution in [0.5, 0.6) is 11.5 Å². The van der Waals surface area contributed by atoms with E-state index in [-0.39, 0.29) is 17.9 Å². The zero-order valence-corrected chi connectivity index (χ0v) is 20.3. The molecule has 1 N–H and O–H groups in total. The molecule has 8 heteroatoms. The van der Waals surface area contributed by atoms with Gasteiger partial charge in [-0.3, -0.25) is 4.79 Å². The third-order valence-electron chi connectivity index (χ3n) is 6.44. The highest BCUT2D eigenvalue weighted by molar-refractivity contribution is 7.92. The molecule has 2 aromatic carbocycles. The van der Waals surface area contributed by atoms with Gasteiger partial charge in [0.1, 0.15) is 0 Å². The van der Waals surface area contributed by atoms with Crippen molar-refractivity contribution >= 4 is 27.7 Å². The Kier molecular flexibility index (Phi) is 7.90. The van der Waals surface area contributed by atoms with Gasteiger partial charge in [0.25, 0.3) is 0 Å². The van der Waals surface area contributed by atoms with Gasteiger partial charge in [0, 0.05) is 36.2 Å². The lowest BCUT2D eigenvalue weighted by Crippen LogP contribution is -2.40. The van der Waals surface area contributed by atoms with Crippen molar-refractivity contribution in [3.8, 4) is 11.5 Å². The summed E-state index contributed by atoms with van der Waals surface area (Å²) in [6, 6.07) is 14.7. The Morgan fingerprint density at radius 3 is 2.38 bits per heavy atom. The van der Waals surface area contributed by atoms with Crippen molar-refractivity contribution in [2.45, 2.75) is 44.6 Å². The van der Waals surface area contributed by atoms with E-state index in [1.54, 1.807) is 25.3 Å². The summed E-state index contributed by atoms with van der Waals surface area (Å²) in [4.78, 5) is 12.9. The molecule has 1 aliphatic carbocycles. The van der Waals surface area contributed by atoms with Crippen LogP contribution in [0, 0.1) is 5.92 Å². The van der Waals surface area contributed by atoms with Crippen LogP contribution in [0.25, 0.3) is 6.08 Å². The van der Waals surface area contributed by atoms with Gasteiger partial charge in [0.2, 0.25) is 15.9 Å². The highest BCUT2D eigenvalue weighted by Crippen LogP contribution is 2.34. The molecule has 0 aromatic heterocycles. The van der Waals surface area contributed by atoms with Crippen LogP contribution in [-0.4, -0.2) is 44.9 Å². The molecule has 2 aliphatic rings. The van der Waals surface area contributed by atoms with E-state index >= 15 is 0 Å². The van der Waals surface area contributed by atoms with Crippen molar-refractivity contribution in [2.75, 3.05) is 25.5 Å². The number of rotatable bonds is 8. The van der Waals surface area contributed by atoms with E-state index in [2.05, 4.69) is 5.32 Å². The number of carbonyl (C=O) groups is 1. The van der Waals surface area contributed by atoms with Crippen molar-refractivity contribution in [3.63, 3.8) is 0 Å². The quantitative estimate of drug-likeness (QED) is 0.589. The molecule has 182 valence electrons. The lowest BCUT2D eigenvalue weighted by Gasteiger charge is -2.29. The number of amides is 1. The van der Waals surface area contributed by atoms with Crippen molar-refractivity contribution < 1.29 is 22.7 Å². The second kappa shape index (κ2) is 11.1. The molecule has 0 bridgehead atoms. The predicted octanol–water partition coefficient (Wildman–Crippen LogP) is 4.67. The van der Waals surface area contributed by atoms with Crippen molar-refractivity contribution in [1.29, 1.82) is 0 Å². The maximum atomic E-state index is 12.9. The first kappa shape index (κ1) is 24.3. The average Bonchev–Trinajstić information content (AvgIpc) is 3.37. The molecule has 1 saturated carbocycles. The third-order valence-corrected chi connectivity index (χ3v) is 8.01. The molecule has 1 amide bonds. The normalized spacial score (nSPS) is 18.3. The van der Waals surface area contributed by atoms with Gasteiger partial charge in [-0.05, 0) is 62.3 Å². The Bertz CT molecular complexity index is 1100. The molecule has 0 atom stereocenters. The maximum absolute atomic E-state index is 12.9. The topological polar surface area (TPSA) is 84.9 Å². The van der Waals surface area contributed by atoms with E-state index in [0.717, 1.165) is 18.4 Å². The fourth-order valence-corrected chi connectivity index (χ4v) is 5.68. The number of hydrogen-bond donors (Lipinski definition) is 1. The van der Waals surface area contributed by atoms with Gasteiger partial charge in [-0.15, -0.1) is 0 Å². The SMILES string of the molecule is COc1ccc(NC(=O)C2CCN(S(=O)(=O)/C=C/c3ccccc3)CC2)cc1OC1CCCC1. The van der Waals surface area contributed by atoms with E-state index in [4.69, 9.17) is 9.47 Å². The first-order chi connectivity index (χ1) is 16.4. The minimum absolute atomic E-state index is 0.103. The summed E-state index contributed by atoms with van der Waals surface area (Å²) in [7, 11) is -1.92. The molecule has 1 heterocycles. The second-order valence-electron chi connectivity index (χ2n) is 8.81. The van der Waals surface area contributed by atoms with E-state index < -0.39 is 10.0 Å². The molecule has 0 unspecified atom stereocenters. The van der Waals surface area contributed by atoms with E-state index in [9.17, 15) is 13.2 Å². The van der Waals surface area contributed by atoms with E-state index in [1.807, 2.05) is 36.4 Å². The van der Waals surface area contributed by atoms with Crippen molar-refractivity contribution in [3.05, 3.63) is 59.5 Å². The van der Waals surface area contributed by atoms with Crippen LogP contribution in [0.1, 0.15) is 44.1 Å².